The van der Waals surface area contributed by atoms with Crippen LogP contribution >= 0.6 is 11.3 Å². The van der Waals surface area contributed by atoms with E-state index in [1.165, 1.54) is 19.2 Å². The van der Waals surface area contributed by atoms with E-state index in [4.69, 9.17) is 0 Å². The molecule has 13 heteroatoms. The van der Waals surface area contributed by atoms with Crippen molar-refractivity contribution >= 4 is 22.6 Å². The highest BCUT2D eigenvalue weighted by Crippen LogP contribution is 2.43. The van der Waals surface area contributed by atoms with Crippen LogP contribution in [0.1, 0.15) is 11.9 Å². The molecule has 0 spiro atoms. The molecular weight excluding hydrogens is 342 g/mol. The van der Waals surface area contributed by atoms with Crippen LogP contribution in [0, 0.1) is 6.92 Å². The van der Waals surface area contributed by atoms with Crippen LogP contribution in [0.2, 0.25) is 0 Å². The molecule has 2 N–H and O–H groups in total. The highest BCUT2D eigenvalue weighted by molar-refractivity contribution is 7.15. The Morgan fingerprint density at radius 3 is 2.09 bits per heavy atom. The van der Waals surface area contributed by atoms with Crippen molar-refractivity contribution in [3.8, 4) is 0 Å². The normalized spacial score (nSPS) is 12.9. The average Bonchev–Trinajstić information content (AvgIpc) is 2.71. The topological polar surface area (TPSA) is 76.1 Å². The lowest BCUT2D eigenvalue weighted by Gasteiger charge is -2.37. The smallest absolute Gasteiger partial charge is 0.439 e. The van der Waals surface area contributed by atoms with Gasteiger partial charge < -0.3 is 10.1 Å². The number of alkyl carbamates (subject to hydrolysis) is 1. The number of alkyl halides is 6. The van der Waals surface area contributed by atoms with Crippen LogP contribution in [0.15, 0.2) is 0 Å². The number of aryl methyl sites for hydroxylation is 1. The van der Waals surface area contributed by atoms with Gasteiger partial charge in [0, 0.05) is 0 Å². The molecule has 6 nitrogen and oxygen atoms in total. The number of aromatic nitrogens is 2. The first-order valence-electron chi connectivity index (χ1n) is 5.59. The largest absolute Gasteiger partial charge is 0.450 e. The van der Waals surface area contributed by atoms with Gasteiger partial charge in [-0.2, -0.15) is 26.3 Å². The summed E-state index contributed by atoms with van der Waals surface area (Å²) < 4.78 is 82.5. The van der Waals surface area contributed by atoms with Gasteiger partial charge in [-0.1, -0.05) is 11.3 Å². The predicted molar refractivity (Wildman–Crippen MR) is 63.3 cm³/mol. The molecule has 0 radical (unpaired) electrons. The second kappa shape index (κ2) is 6.14. The summed E-state index contributed by atoms with van der Waals surface area (Å²) >= 11 is 0.462. The summed E-state index contributed by atoms with van der Waals surface area (Å²) in [6, 6.07) is 0. The quantitative estimate of drug-likeness (QED) is 0.644. The molecule has 1 aromatic heterocycles. The Kier molecular flexibility index (Phi) is 5.10. The molecule has 126 valence electrons. The maximum absolute atomic E-state index is 13.1. The van der Waals surface area contributed by atoms with Crippen LogP contribution in [0.5, 0.6) is 0 Å². The van der Waals surface area contributed by atoms with Crippen LogP contribution in [-0.4, -0.2) is 40.9 Å². The third-order valence-electron chi connectivity index (χ3n) is 2.24. The van der Waals surface area contributed by atoms with Crippen molar-refractivity contribution in [2.24, 2.45) is 0 Å². The predicted octanol–water partition coefficient (Wildman–Crippen LogP) is 2.83. The van der Waals surface area contributed by atoms with Gasteiger partial charge in [-0.3, -0.25) is 5.32 Å². The number of nitrogens with one attached hydrogen (secondary N) is 2. The lowest BCUT2D eigenvalue weighted by atomic mass is 10.1. The first kappa shape index (κ1) is 18.3. The van der Waals surface area contributed by atoms with E-state index in [0.717, 1.165) is 5.32 Å². The number of anilines is 1. The first-order valence-corrected chi connectivity index (χ1v) is 6.41. The summed E-state index contributed by atoms with van der Waals surface area (Å²) in [4.78, 5) is 11.1. The Labute approximate surface area is 123 Å². The fourth-order valence-electron chi connectivity index (χ4n) is 1.30. The number of hydrogen-bond donors (Lipinski definition) is 2. The van der Waals surface area contributed by atoms with Crippen molar-refractivity contribution < 1.29 is 35.9 Å². The van der Waals surface area contributed by atoms with Gasteiger partial charge in [0.05, 0.1) is 6.61 Å². The van der Waals surface area contributed by atoms with Gasteiger partial charge in [0.1, 0.15) is 5.01 Å². The molecule has 0 aliphatic carbocycles. The summed E-state index contributed by atoms with van der Waals surface area (Å²) in [7, 11) is 0. The minimum atomic E-state index is -5.92. The Balaban J connectivity index is 3.29. The summed E-state index contributed by atoms with van der Waals surface area (Å²) in [5.41, 5.74) is -4.75. The van der Waals surface area contributed by atoms with Crippen LogP contribution in [0.4, 0.5) is 36.3 Å². The maximum atomic E-state index is 13.1. The molecule has 1 heterocycles. The van der Waals surface area contributed by atoms with Crippen molar-refractivity contribution in [1.29, 1.82) is 0 Å². The molecule has 0 fully saturated rings. The zero-order chi connectivity index (χ0) is 17.2. The third-order valence-corrected chi connectivity index (χ3v) is 2.99. The Hall–Kier alpha value is -1.79. The molecular formula is C9H10F6N4O2S. The number of ether oxygens (including phenoxy) is 1. The molecule has 1 aromatic rings. The van der Waals surface area contributed by atoms with Gasteiger partial charge in [0.2, 0.25) is 5.13 Å². The lowest BCUT2D eigenvalue weighted by Crippen LogP contribution is -2.72. The van der Waals surface area contributed by atoms with Gasteiger partial charge in [-0.25, -0.2) is 4.79 Å². The van der Waals surface area contributed by atoms with Crippen molar-refractivity contribution in [3.63, 3.8) is 0 Å². The van der Waals surface area contributed by atoms with E-state index in [2.05, 4.69) is 14.9 Å². The molecule has 0 saturated carbocycles. The van der Waals surface area contributed by atoms with Crippen molar-refractivity contribution in [3.05, 3.63) is 5.01 Å². The van der Waals surface area contributed by atoms with Crippen molar-refractivity contribution in [1.82, 2.24) is 15.5 Å². The standard InChI is InChI=1S/C9H10F6N4O2S/c1-3-21-6(20)17-7(8(10,11)12,9(13,14)15)16-5-19-18-4(2)22-5/h3H2,1-2H3,(H,16,19)(H,17,20). The van der Waals surface area contributed by atoms with E-state index in [1.54, 1.807) is 0 Å². The maximum Gasteiger partial charge on any atom is 0.439 e. The highest BCUT2D eigenvalue weighted by Gasteiger charge is 2.73. The summed E-state index contributed by atoms with van der Waals surface area (Å²) in [6.07, 6.45) is -13.7. The van der Waals surface area contributed by atoms with Gasteiger partial charge in [-0.05, 0) is 13.8 Å². The van der Waals surface area contributed by atoms with E-state index in [9.17, 15) is 31.1 Å². The molecule has 22 heavy (non-hydrogen) atoms. The third kappa shape index (κ3) is 3.69. The Morgan fingerprint density at radius 1 is 1.18 bits per heavy atom. The highest BCUT2D eigenvalue weighted by atomic mass is 32.1. The van der Waals surface area contributed by atoms with E-state index < -0.39 is 35.8 Å². The van der Waals surface area contributed by atoms with Crippen molar-refractivity contribution in [2.75, 3.05) is 11.9 Å². The number of hydrogen-bond acceptors (Lipinski definition) is 6. The van der Waals surface area contributed by atoms with Crippen LogP contribution < -0.4 is 10.6 Å². The number of carbonyl (C=O) groups is 1. The minimum absolute atomic E-state index is 0.136. The van der Waals surface area contributed by atoms with E-state index in [-0.39, 0.29) is 5.01 Å². The zero-order valence-electron chi connectivity index (χ0n) is 11.1. The number of rotatable bonds is 4. The summed E-state index contributed by atoms with van der Waals surface area (Å²) in [6.45, 7) is 2.16. The van der Waals surface area contributed by atoms with E-state index in [1.807, 2.05) is 0 Å². The first-order chi connectivity index (χ1) is 9.93. The number of amides is 1. The molecule has 0 atom stereocenters. The van der Waals surface area contributed by atoms with Gasteiger partial charge in [-0.15, -0.1) is 10.2 Å². The Bertz CT molecular complexity index is 515. The SMILES string of the molecule is CCOC(=O)NC(Nc1nnc(C)s1)(C(F)(F)F)C(F)(F)F. The minimum Gasteiger partial charge on any atom is -0.450 e. The molecule has 1 amide bonds. The van der Waals surface area contributed by atoms with Crippen LogP contribution in [0.25, 0.3) is 0 Å². The van der Waals surface area contributed by atoms with Crippen molar-refractivity contribution in [2.45, 2.75) is 31.9 Å². The monoisotopic (exact) mass is 352 g/mol. The molecule has 0 aromatic carbocycles. The van der Waals surface area contributed by atoms with Crippen LogP contribution in [-0.2, 0) is 4.74 Å². The average molecular weight is 352 g/mol. The van der Waals surface area contributed by atoms with E-state index in [0.29, 0.717) is 11.3 Å². The Morgan fingerprint density at radius 2 is 1.73 bits per heavy atom. The molecule has 1 rings (SSSR count). The van der Waals surface area contributed by atoms with Gasteiger partial charge in [0.25, 0.3) is 0 Å². The van der Waals surface area contributed by atoms with Gasteiger partial charge >= 0.3 is 24.1 Å². The second-order valence-electron chi connectivity index (χ2n) is 3.84. The summed E-state index contributed by atoms with van der Waals surface area (Å²) in [5.74, 6) is 0. The zero-order valence-corrected chi connectivity index (χ0v) is 11.9. The van der Waals surface area contributed by atoms with Crippen LogP contribution in [0.3, 0.4) is 0 Å². The number of carbonyl (C=O) groups excluding carboxylic acids is 1. The fraction of sp³-hybridized carbons (Fsp3) is 0.667. The molecule has 0 aliphatic rings. The fourth-order valence-corrected chi connectivity index (χ4v) is 1.95. The molecule has 0 bridgehead atoms. The molecule has 0 saturated heterocycles. The second-order valence-corrected chi connectivity index (χ2v) is 5.02. The number of nitrogens with zero attached hydrogens (tertiary/aromatic N) is 2. The molecule has 0 unspecified atom stereocenters. The van der Waals surface area contributed by atoms with Gasteiger partial charge in [0.15, 0.2) is 0 Å². The van der Waals surface area contributed by atoms with E-state index >= 15 is 0 Å². The number of halogens is 6. The summed E-state index contributed by atoms with van der Waals surface area (Å²) in [5, 5.41) is 7.78. The lowest BCUT2D eigenvalue weighted by molar-refractivity contribution is -0.294. The molecule has 0 aliphatic heterocycles.